The van der Waals surface area contributed by atoms with E-state index in [1.165, 1.54) is 81.8 Å². The summed E-state index contributed by atoms with van der Waals surface area (Å²) >= 11 is 0. The topological polar surface area (TPSA) is 0 Å². The quantitative estimate of drug-likeness (QED) is 0.276. The molecule has 1 fully saturated rings. The first kappa shape index (κ1) is 21.0. The molecule has 1 aliphatic rings. The largest absolute Gasteiger partial charge is 0.0959 e. The van der Waals surface area contributed by atoms with Gasteiger partial charge in [-0.05, 0) is 69.8 Å². The average molecular weight is 353 g/mol. The van der Waals surface area contributed by atoms with Crippen molar-refractivity contribution in [2.75, 3.05) is 0 Å². The fourth-order valence-electron chi connectivity index (χ4n) is 4.31. The molecule has 0 aliphatic heterocycles. The molecule has 1 aliphatic carbocycles. The smallest absolute Gasteiger partial charge is 0.0162 e. The van der Waals surface area contributed by atoms with Gasteiger partial charge in [0.1, 0.15) is 0 Å². The first-order valence-electron chi connectivity index (χ1n) is 11.0. The lowest BCUT2D eigenvalue weighted by Crippen LogP contribution is -2.13. The molecule has 0 heterocycles. The van der Waals surface area contributed by atoms with Crippen LogP contribution in [-0.4, -0.2) is 0 Å². The fourth-order valence-corrected chi connectivity index (χ4v) is 4.31. The Morgan fingerprint density at radius 2 is 1.42 bits per heavy atom. The number of rotatable bonds is 11. The van der Waals surface area contributed by atoms with Crippen LogP contribution in [0.2, 0.25) is 0 Å². The Labute approximate surface area is 162 Å². The van der Waals surface area contributed by atoms with Crippen molar-refractivity contribution in [3.8, 4) is 0 Å². The molecule has 0 heteroatoms. The van der Waals surface area contributed by atoms with Crippen LogP contribution < -0.4 is 0 Å². The van der Waals surface area contributed by atoms with Crippen molar-refractivity contribution in [2.45, 2.75) is 96.8 Å². The predicted octanol–water partition coefficient (Wildman–Crippen LogP) is 8.52. The number of hydrogen-bond acceptors (Lipinski definition) is 0. The lowest BCUT2D eigenvalue weighted by atomic mass is 9.77. The Kier molecular flexibility index (Phi) is 9.23. The molecule has 0 bridgehead atoms. The molecular weight excluding hydrogens is 312 g/mol. The van der Waals surface area contributed by atoms with E-state index in [0.717, 1.165) is 23.8 Å². The highest BCUT2D eigenvalue weighted by atomic mass is 14.3. The third kappa shape index (κ3) is 7.52. The van der Waals surface area contributed by atoms with Crippen molar-refractivity contribution >= 4 is 0 Å². The highest BCUT2D eigenvalue weighted by Crippen LogP contribution is 2.37. The number of allylic oxidation sites excluding steroid dienone is 2. The third-order valence-electron chi connectivity index (χ3n) is 6.34. The van der Waals surface area contributed by atoms with Gasteiger partial charge < -0.3 is 0 Å². The molecule has 0 atom stereocenters. The highest BCUT2D eigenvalue weighted by molar-refractivity contribution is 5.25. The van der Waals surface area contributed by atoms with Gasteiger partial charge in [0.2, 0.25) is 0 Å². The summed E-state index contributed by atoms with van der Waals surface area (Å²) in [6.07, 6.45) is 16.6. The van der Waals surface area contributed by atoms with Crippen molar-refractivity contribution < 1.29 is 0 Å². The summed E-state index contributed by atoms with van der Waals surface area (Å²) in [7, 11) is 0. The van der Waals surface area contributed by atoms with Crippen LogP contribution in [0.3, 0.4) is 0 Å². The van der Waals surface area contributed by atoms with Gasteiger partial charge in [-0.3, -0.25) is 0 Å². The molecule has 1 aromatic rings. The average Bonchev–Trinajstić information content (AvgIpc) is 2.65. The van der Waals surface area contributed by atoms with E-state index in [4.69, 9.17) is 0 Å². The second-order valence-electron chi connectivity index (χ2n) is 8.67. The molecule has 0 saturated heterocycles. The van der Waals surface area contributed by atoms with E-state index in [1.54, 1.807) is 5.56 Å². The van der Waals surface area contributed by atoms with E-state index >= 15 is 0 Å². The zero-order valence-electron chi connectivity index (χ0n) is 17.4. The molecule has 0 nitrogen and oxygen atoms in total. The zero-order chi connectivity index (χ0) is 18.8. The first-order chi connectivity index (χ1) is 12.6. The molecular formula is C26H40. The van der Waals surface area contributed by atoms with Crippen molar-refractivity contribution in [3.63, 3.8) is 0 Å². The maximum absolute atomic E-state index is 4.08. The van der Waals surface area contributed by atoms with E-state index in [2.05, 4.69) is 51.3 Å². The van der Waals surface area contributed by atoms with E-state index in [9.17, 15) is 0 Å². The van der Waals surface area contributed by atoms with Crippen LogP contribution in [0.1, 0.15) is 101 Å². The maximum Gasteiger partial charge on any atom is -0.0162 e. The monoisotopic (exact) mass is 352 g/mol. The second kappa shape index (κ2) is 11.4. The molecule has 0 radical (unpaired) electrons. The fraction of sp³-hybridized carbons (Fsp3) is 0.615. The van der Waals surface area contributed by atoms with E-state index in [-0.39, 0.29) is 0 Å². The minimum Gasteiger partial charge on any atom is -0.0959 e. The molecule has 0 unspecified atom stereocenters. The second-order valence-corrected chi connectivity index (χ2v) is 8.67. The van der Waals surface area contributed by atoms with Crippen LogP contribution in [0.15, 0.2) is 48.6 Å². The van der Waals surface area contributed by atoms with Gasteiger partial charge in [0.25, 0.3) is 0 Å². The Bertz CT molecular complexity index is 540. The summed E-state index contributed by atoms with van der Waals surface area (Å²) in [4.78, 5) is 0. The highest BCUT2D eigenvalue weighted by Gasteiger charge is 2.21. The van der Waals surface area contributed by atoms with Crippen molar-refractivity contribution in [2.24, 2.45) is 5.92 Å². The number of unbranched alkanes of at least 4 members (excludes halogenated alkanes) is 5. The van der Waals surface area contributed by atoms with Crippen molar-refractivity contribution in [3.05, 3.63) is 59.7 Å². The minimum absolute atomic E-state index is 0.820. The summed E-state index contributed by atoms with van der Waals surface area (Å²) in [5, 5.41) is 0. The molecule has 0 aromatic heterocycles. The molecule has 1 saturated carbocycles. The van der Waals surface area contributed by atoms with Crippen LogP contribution in [-0.2, 0) is 0 Å². The van der Waals surface area contributed by atoms with Crippen molar-refractivity contribution in [1.29, 1.82) is 0 Å². The molecule has 2 rings (SSSR count). The summed E-state index contributed by atoms with van der Waals surface area (Å²) in [5.41, 5.74) is 5.35. The number of benzene rings is 1. The first-order valence-corrected chi connectivity index (χ1v) is 11.0. The van der Waals surface area contributed by atoms with Gasteiger partial charge in [0.15, 0.2) is 0 Å². The van der Waals surface area contributed by atoms with Gasteiger partial charge in [0, 0.05) is 0 Å². The lowest BCUT2D eigenvalue weighted by molar-refractivity contribution is 0.302. The molecule has 26 heavy (non-hydrogen) atoms. The molecule has 144 valence electrons. The molecule has 0 amide bonds. The van der Waals surface area contributed by atoms with E-state index in [1.807, 2.05) is 0 Å². The van der Waals surface area contributed by atoms with Crippen LogP contribution in [0.25, 0.3) is 0 Å². The van der Waals surface area contributed by atoms with Gasteiger partial charge in [-0.2, -0.15) is 0 Å². The van der Waals surface area contributed by atoms with Crippen LogP contribution >= 0.6 is 0 Å². The Morgan fingerprint density at radius 3 is 2.04 bits per heavy atom. The maximum atomic E-state index is 4.08. The Morgan fingerprint density at radius 1 is 0.846 bits per heavy atom. The molecule has 0 N–H and O–H groups in total. The van der Waals surface area contributed by atoms with Gasteiger partial charge in [-0.25, -0.2) is 0 Å². The van der Waals surface area contributed by atoms with Crippen LogP contribution in [0.4, 0.5) is 0 Å². The normalized spacial score (nSPS) is 20.1. The minimum atomic E-state index is 0.820. The number of hydrogen-bond donors (Lipinski definition) is 0. The Hall–Kier alpha value is -1.30. The zero-order valence-corrected chi connectivity index (χ0v) is 17.4. The summed E-state index contributed by atoms with van der Waals surface area (Å²) in [6, 6.07) is 9.25. The molecule has 1 aromatic carbocycles. The van der Waals surface area contributed by atoms with Crippen LogP contribution in [0.5, 0.6) is 0 Å². The predicted molar refractivity (Wildman–Crippen MR) is 117 cm³/mol. The van der Waals surface area contributed by atoms with E-state index in [0.29, 0.717) is 0 Å². The van der Waals surface area contributed by atoms with Gasteiger partial charge in [0.05, 0.1) is 0 Å². The summed E-state index contributed by atoms with van der Waals surface area (Å²) in [5.74, 6) is 1.82. The Balaban J connectivity index is 1.48. The van der Waals surface area contributed by atoms with Gasteiger partial charge >= 0.3 is 0 Å². The van der Waals surface area contributed by atoms with Crippen LogP contribution in [0, 0.1) is 12.8 Å². The third-order valence-corrected chi connectivity index (χ3v) is 6.34. The lowest BCUT2D eigenvalue weighted by Gasteiger charge is -2.29. The van der Waals surface area contributed by atoms with Crippen molar-refractivity contribution in [1.82, 2.24) is 0 Å². The standard InChI is InChI=1S/C26H40/c1-21(2)23(4)11-9-7-5-6-8-10-12-24-15-19-26(20-16-24)25-17-13-22(3)14-18-25/h13-14,17-18,24,26H,1,4-12,15-16,19-20H2,2-3H3. The molecule has 0 spiro atoms. The van der Waals surface area contributed by atoms with Gasteiger partial charge in [-0.15, -0.1) is 0 Å². The summed E-state index contributed by atoms with van der Waals surface area (Å²) in [6.45, 7) is 12.3. The number of aryl methyl sites for hydroxylation is 1. The van der Waals surface area contributed by atoms with E-state index < -0.39 is 0 Å². The SMILES string of the molecule is C=C(C)C(=C)CCCCCCCCC1CCC(c2ccc(C)cc2)CC1. The van der Waals surface area contributed by atoms with Gasteiger partial charge in [-0.1, -0.05) is 92.7 Å². The summed E-state index contributed by atoms with van der Waals surface area (Å²) < 4.78 is 0.